The van der Waals surface area contributed by atoms with Gasteiger partial charge in [0.15, 0.2) is 0 Å². The molecule has 1 rings (SSSR count). The number of hydrogen-bond acceptors (Lipinski definition) is 1. The van der Waals surface area contributed by atoms with E-state index in [-0.39, 0.29) is 10.6 Å². The van der Waals surface area contributed by atoms with Gasteiger partial charge < -0.3 is 0 Å². The van der Waals surface area contributed by atoms with Gasteiger partial charge in [0, 0.05) is 5.56 Å². The fourth-order valence-corrected chi connectivity index (χ4v) is 0.677. The van der Waals surface area contributed by atoms with Gasteiger partial charge in [0.1, 0.15) is 5.82 Å². The summed E-state index contributed by atoms with van der Waals surface area (Å²) in [5.74, 6) is -0.595. The first-order valence-electron chi connectivity index (χ1n) is 2.57. The first-order valence-corrected chi connectivity index (χ1v) is 2.95. The van der Waals surface area contributed by atoms with Gasteiger partial charge in [-0.2, -0.15) is 0 Å². The van der Waals surface area contributed by atoms with Crippen LogP contribution in [-0.4, -0.2) is 6.29 Å². The molecule has 0 aliphatic carbocycles. The highest BCUT2D eigenvalue weighted by atomic mass is 35.5. The van der Waals surface area contributed by atoms with Crippen LogP contribution in [0, 0.1) is 5.82 Å². The number of hydrogen-bond donors (Lipinski definition) is 0. The molecule has 1 nitrogen and oxygen atoms in total. The Kier molecular flexibility index (Phi) is 2.02. The van der Waals surface area contributed by atoms with Crippen molar-refractivity contribution >= 4 is 17.9 Å². The van der Waals surface area contributed by atoms with Crippen LogP contribution in [0.3, 0.4) is 0 Å². The van der Waals surface area contributed by atoms with Gasteiger partial charge in [-0.3, -0.25) is 4.79 Å². The Hall–Kier alpha value is -0.890. The van der Waals surface area contributed by atoms with E-state index in [1.54, 1.807) is 6.29 Å². The lowest BCUT2D eigenvalue weighted by molar-refractivity contribution is 0.562. The Labute approximate surface area is 62.4 Å². The summed E-state index contributed by atoms with van der Waals surface area (Å²) in [6, 6.07) is 3.75. The average Bonchev–Trinajstić information content (AvgIpc) is 1.95. The Morgan fingerprint density at radius 3 is 2.70 bits per heavy atom. The van der Waals surface area contributed by atoms with Gasteiger partial charge in [-0.05, 0) is 18.2 Å². The molecule has 0 atom stereocenters. The molecule has 1 aromatic carbocycles. The molecule has 0 unspecified atom stereocenters. The van der Waals surface area contributed by atoms with Crippen molar-refractivity contribution in [1.82, 2.24) is 0 Å². The molecule has 1 aromatic rings. The van der Waals surface area contributed by atoms with Crippen LogP contribution < -0.4 is 0 Å². The maximum absolute atomic E-state index is 12.5. The van der Waals surface area contributed by atoms with Gasteiger partial charge in [0.2, 0.25) is 6.29 Å². The molecule has 0 aliphatic heterocycles. The molecular formula is C7H3ClFO. The Bertz CT molecular complexity index is 260. The van der Waals surface area contributed by atoms with E-state index in [1.807, 2.05) is 0 Å². The normalized spacial score (nSPS) is 9.40. The fourth-order valence-electron chi connectivity index (χ4n) is 0.560. The van der Waals surface area contributed by atoms with Crippen LogP contribution in [-0.2, 0) is 4.79 Å². The molecule has 3 heteroatoms. The summed E-state index contributed by atoms with van der Waals surface area (Å²) >= 11 is 5.33. The number of carbonyl (C=O) groups excluding carboxylic acids is 1. The topological polar surface area (TPSA) is 17.1 Å². The van der Waals surface area contributed by atoms with E-state index in [9.17, 15) is 9.18 Å². The van der Waals surface area contributed by atoms with Crippen LogP contribution in [0.5, 0.6) is 0 Å². The van der Waals surface area contributed by atoms with E-state index >= 15 is 0 Å². The quantitative estimate of drug-likeness (QED) is 0.609. The largest absolute Gasteiger partial charge is 0.285 e. The van der Waals surface area contributed by atoms with Crippen LogP contribution >= 0.6 is 11.6 Å². The second-order valence-electron chi connectivity index (χ2n) is 1.73. The fraction of sp³-hybridized carbons (Fsp3) is 0. The summed E-state index contributed by atoms with van der Waals surface area (Å²) in [5, 5.41) is 0.0130. The summed E-state index contributed by atoms with van der Waals surface area (Å²) in [4.78, 5) is 9.94. The second-order valence-corrected chi connectivity index (χ2v) is 2.14. The summed E-state index contributed by atoms with van der Waals surface area (Å²) in [6.07, 6.45) is 1.55. The van der Waals surface area contributed by atoms with Gasteiger partial charge in [0.25, 0.3) is 0 Å². The SMILES string of the molecule is O=[C]c1ccc(Cl)c(F)c1. The molecule has 0 saturated heterocycles. The second kappa shape index (κ2) is 2.80. The zero-order valence-corrected chi connectivity index (χ0v) is 5.65. The third kappa shape index (κ3) is 1.33. The van der Waals surface area contributed by atoms with E-state index in [0.29, 0.717) is 0 Å². The van der Waals surface area contributed by atoms with E-state index in [4.69, 9.17) is 11.6 Å². The molecule has 0 saturated carbocycles. The highest BCUT2D eigenvalue weighted by Crippen LogP contribution is 2.13. The van der Waals surface area contributed by atoms with E-state index in [1.165, 1.54) is 12.1 Å². The molecule has 51 valence electrons. The maximum atomic E-state index is 12.5. The highest BCUT2D eigenvalue weighted by molar-refractivity contribution is 6.30. The van der Waals surface area contributed by atoms with Gasteiger partial charge in [-0.1, -0.05) is 11.6 Å². The van der Waals surface area contributed by atoms with E-state index in [0.717, 1.165) is 6.07 Å². The Balaban J connectivity index is 3.16. The average molecular weight is 158 g/mol. The Morgan fingerprint density at radius 2 is 2.20 bits per heavy atom. The lowest BCUT2D eigenvalue weighted by atomic mass is 10.2. The maximum Gasteiger partial charge on any atom is 0.233 e. The first-order chi connectivity index (χ1) is 4.74. The van der Waals surface area contributed by atoms with Crippen LogP contribution in [0.15, 0.2) is 18.2 Å². The number of halogens is 2. The standard InChI is InChI=1S/C7H3ClFO/c8-6-2-1-5(4-10)3-7(6)9/h1-3H. The van der Waals surface area contributed by atoms with Crippen LogP contribution in [0.1, 0.15) is 5.56 Å². The zero-order valence-electron chi connectivity index (χ0n) is 4.90. The van der Waals surface area contributed by atoms with Crippen molar-refractivity contribution in [2.24, 2.45) is 0 Å². The molecule has 0 fully saturated rings. The third-order valence-corrected chi connectivity index (χ3v) is 1.34. The minimum Gasteiger partial charge on any atom is -0.285 e. The van der Waals surface area contributed by atoms with Gasteiger partial charge >= 0.3 is 0 Å². The monoisotopic (exact) mass is 157 g/mol. The summed E-state index contributed by atoms with van der Waals surface area (Å²) in [7, 11) is 0. The van der Waals surface area contributed by atoms with Crippen molar-refractivity contribution < 1.29 is 9.18 Å². The third-order valence-electron chi connectivity index (χ3n) is 1.04. The van der Waals surface area contributed by atoms with Crippen molar-refractivity contribution in [2.75, 3.05) is 0 Å². The highest BCUT2D eigenvalue weighted by Gasteiger charge is 1.98. The smallest absolute Gasteiger partial charge is 0.233 e. The predicted octanol–water partition coefficient (Wildman–Crippen LogP) is 1.94. The Morgan fingerprint density at radius 1 is 1.50 bits per heavy atom. The molecule has 0 N–H and O–H groups in total. The van der Waals surface area contributed by atoms with Crippen LogP contribution in [0.4, 0.5) is 4.39 Å². The minimum atomic E-state index is -0.595. The van der Waals surface area contributed by atoms with E-state index in [2.05, 4.69) is 0 Å². The summed E-state index contributed by atoms with van der Waals surface area (Å²) in [5.41, 5.74) is 0.168. The van der Waals surface area contributed by atoms with Crippen molar-refractivity contribution in [1.29, 1.82) is 0 Å². The minimum absolute atomic E-state index is 0.0130. The zero-order chi connectivity index (χ0) is 7.56. The lowest BCUT2D eigenvalue weighted by Gasteiger charge is -1.91. The molecule has 10 heavy (non-hydrogen) atoms. The molecule has 0 spiro atoms. The molecule has 0 amide bonds. The van der Waals surface area contributed by atoms with Crippen molar-refractivity contribution in [3.63, 3.8) is 0 Å². The summed E-state index contributed by atoms with van der Waals surface area (Å²) in [6.45, 7) is 0. The van der Waals surface area contributed by atoms with Crippen molar-refractivity contribution in [3.8, 4) is 0 Å². The number of benzene rings is 1. The molecule has 0 aromatic heterocycles. The summed E-state index contributed by atoms with van der Waals surface area (Å²) < 4.78 is 12.5. The first kappa shape index (κ1) is 7.22. The molecular weight excluding hydrogens is 155 g/mol. The van der Waals surface area contributed by atoms with Crippen molar-refractivity contribution in [3.05, 3.63) is 34.6 Å². The number of rotatable bonds is 1. The molecule has 0 bridgehead atoms. The predicted molar refractivity (Wildman–Crippen MR) is 36.2 cm³/mol. The van der Waals surface area contributed by atoms with Gasteiger partial charge in [0.05, 0.1) is 5.02 Å². The molecule has 1 radical (unpaired) electrons. The van der Waals surface area contributed by atoms with Gasteiger partial charge in [-0.25, -0.2) is 4.39 Å². The lowest BCUT2D eigenvalue weighted by Crippen LogP contribution is -1.82. The van der Waals surface area contributed by atoms with Crippen molar-refractivity contribution in [2.45, 2.75) is 0 Å². The van der Waals surface area contributed by atoms with Crippen LogP contribution in [0.2, 0.25) is 5.02 Å². The van der Waals surface area contributed by atoms with Gasteiger partial charge in [-0.15, -0.1) is 0 Å². The van der Waals surface area contributed by atoms with E-state index < -0.39 is 5.82 Å². The molecule has 0 aliphatic rings. The van der Waals surface area contributed by atoms with Crippen LogP contribution in [0.25, 0.3) is 0 Å². The molecule has 0 heterocycles.